The van der Waals surface area contributed by atoms with Crippen molar-refractivity contribution in [1.82, 2.24) is 10.2 Å². The van der Waals surface area contributed by atoms with Crippen LogP contribution in [0.3, 0.4) is 0 Å². The number of anilines is 1. The van der Waals surface area contributed by atoms with Crippen molar-refractivity contribution in [1.29, 1.82) is 0 Å². The summed E-state index contributed by atoms with van der Waals surface area (Å²) < 4.78 is 49.3. The average Bonchev–Trinajstić information content (AvgIpc) is 2.88. The minimum atomic E-state index is -3.18. The minimum Gasteiger partial charge on any atom is -0.490 e. The van der Waals surface area contributed by atoms with Crippen LogP contribution < -0.4 is 15.0 Å². The number of nitrogens with one attached hydrogen (secondary N) is 1. The summed E-state index contributed by atoms with van der Waals surface area (Å²) in [6.07, 6.45) is 1.93. The molecule has 0 radical (unpaired) electrons. The standard InChI is InChI=1S/C25H30FN3O6S.ClH/c1-34-24(30)18-2-3-19(23(26)16-18)17-29(25(31)28-12-14-36(32,33)15-13-28)20-4-6-21(7-5-20)35-22-8-10-27-11-9-22;/h2-7,16,22,27H,8-15,17H2,1H3;1H. The highest BCUT2D eigenvalue weighted by Crippen LogP contribution is 2.26. The van der Waals surface area contributed by atoms with Gasteiger partial charge in [-0.2, -0.15) is 0 Å². The highest BCUT2D eigenvalue weighted by Gasteiger charge is 2.29. The molecule has 0 aromatic heterocycles. The van der Waals surface area contributed by atoms with E-state index < -0.39 is 27.7 Å². The molecule has 0 spiro atoms. The van der Waals surface area contributed by atoms with Crippen LogP contribution in [-0.4, -0.2) is 76.2 Å². The molecule has 0 aliphatic carbocycles. The van der Waals surface area contributed by atoms with Gasteiger partial charge in [-0.05, 0) is 62.3 Å². The van der Waals surface area contributed by atoms with Crippen LogP contribution in [0.2, 0.25) is 0 Å². The summed E-state index contributed by atoms with van der Waals surface area (Å²) in [4.78, 5) is 28.1. The molecule has 0 atom stereocenters. The van der Waals surface area contributed by atoms with Crippen molar-refractivity contribution < 1.29 is 31.9 Å². The van der Waals surface area contributed by atoms with Gasteiger partial charge < -0.3 is 19.7 Å². The van der Waals surface area contributed by atoms with Gasteiger partial charge in [0, 0.05) is 24.3 Å². The fraction of sp³-hybridized carbons (Fsp3) is 0.440. The maximum Gasteiger partial charge on any atom is 0.337 e. The Bertz CT molecular complexity index is 1190. The number of esters is 1. The van der Waals surface area contributed by atoms with Gasteiger partial charge in [0.15, 0.2) is 9.84 Å². The van der Waals surface area contributed by atoms with Gasteiger partial charge >= 0.3 is 12.0 Å². The lowest BCUT2D eigenvalue weighted by Gasteiger charge is -2.33. The number of methoxy groups -OCH3 is 1. The second-order valence-corrected chi connectivity index (χ2v) is 11.2. The number of carbonyl (C=O) groups excluding carboxylic acids is 2. The number of hydrogen-bond donors (Lipinski definition) is 1. The predicted octanol–water partition coefficient (Wildman–Crippen LogP) is 3.02. The number of benzene rings is 2. The molecule has 2 aromatic carbocycles. The molecule has 2 aromatic rings. The number of sulfone groups is 1. The highest BCUT2D eigenvalue weighted by molar-refractivity contribution is 7.91. The van der Waals surface area contributed by atoms with Crippen LogP contribution in [0.25, 0.3) is 0 Å². The summed E-state index contributed by atoms with van der Waals surface area (Å²) in [5.41, 5.74) is 0.787. The highest BCUT2D eigenvalue weighted by atomic mass is 35.5. The molecule has 2 aliphatic heterocycles. The first kappa shape index (κ1) is 28.7. The molecule has 2 fully saturated rings. The zero-order valence-electron chi connectivity index (χ0n) is 20.5. The molecule has 37 heavy (non-hydrogen) atoms. The van der Waals surface area contributed by atoms with Crippen LogP contribution in [0.5, 0.6) is 5.75 Å². The summed E-state index contributed by atoms with van der Waals surface area (Å²) >= 11 is 0. The normalized spacial score (nSPS) is 17.4. The van der Waals surface area contributed by atoms with Crippen molar-refractivity contribution in [2.24, 2.45) is 0 Å². The van der Waals surface area contributed by atoms with Gasteiger partial charge in [0.05, 0.1) is 30.7 Å². The maximum atomic E-state index is 14.9. The van der Waals surface area contributed by atoms with Crippen LogP contribution >= 0.6 is 12.4 Å². The molecule has 0 bridgehead atoms. The topological polar surface area (TPSA) is 105 Å². The Hall–Kier alpha value is -2.89. The monoisotopic (exact) mass is 555 g/mol. The van der Waals surface area contributed by atoms with Gasteiger partial charge in [-0.1, -0.05) is 6.07 Å². The molecule has 12 heteroatoms. The Balaban J connectivity index is 0.00000380. The third-order valence-electron chi connectivity index (χ3n) is 6.39. The number of carbonyl (C=O) groups is 2. The molecule has 2 amide bonds. The van der Waals surface area contributed by atoms with Crippen molar-refractivity contribution in [2.45, 2.75) is 25.5 Å². The molecule has 9 nitrogen and oxygen atoms in total. The molecular weight excluding hydrogens is 525 g/mol. The second kappa shape index (κ2) is 12.6. The van der Waals surface area contributed by atoms with Gasteiger partial charge in [0.1, 0.15) is 17.7 Å². The smallest absolute Gasteiger partial charge is 0.337 e. The molecule has 0 saturated carbocycles. The zero-order valence-corrected chi connectivity index (χ0v) is 22.2. The van der Waals surface area contributed by atoms with Gasteiger partial charge in [-0.15, -0.1) is 12.4 Å². The fourth-order valence-electron chi connectivity index (χ4n) is 4.24. The van der Waals surface area contributed by atoms with E-state index in [1.54, 1.807) is 24.3 Å². The van der Waals surface area contributed by atoms with Gasteiger partial charge in [0.2, 0.25) is 0 Å². The third kappa shape index (κ3) is 7.33. The lowest BCUT2D eigenvalue weighted by Crippen LogP contribution is -2.49. The van der Waals surface area contributed by atoms with E-state index in [0.29, 0.717) is 11.4 Å². The molecule has 2 aliphatic rings. The number of rotatable bonds is 6. The van der Waals surface area contributed by atoms with E-state index >= 15 is 0 Å². The first-order chi connectivity index (χ1) is 17.3. The largest absolute Gasteiger partial charge is 0.490 e. The molecule has 202 valence electrons. The fourth-order valence-corrected chi connectivity index (χ4v) is 5.45. The Kier molecular flexibility index (Phi) is 9.74. The van der Waals surface area contributed by atoms with Crippen molar-refractivity contribution in [2.75, 3.05) is 49.7 Å². The summed E-state index contributed by atoms with van der Waals surface area (Å²) in [7, 11) is -1.96. The Morgan fingerprint density at radius 3 is 2.32 bits per heavy atom. The number of urea groups is 1. The van der Waals surface area contributed by atoms with Crippen molar-refractivity contribution in [3.63, 3.8) is 0 Å². The van der Waals surface area contributed by atoms with E-state index in [-0.39, 0.29) is 60.8 Å². The summed E-state index contributed by atoms with van der Waals surface area (Å²) in [6, 6.07) is 10.5. The first-order valence-electron chi connectivity index (χ1n) is 11.9. The van der Waals surface area contributed by atoms with Crippen LogP contribution in [0.4, 0.5) is 14.9 Å². The van der Waals surface area contributed by atoms with Crippen LogP contribution in [0.1, 0.15) is 28.8 Å². The van der Waals surface area contributed by atoms with Crippen LogP contribution in [-0.2, 0) is 21.1 Å². The molecule has 2 heterocycles. The van der Waals surface area contributed by atoms with Crippen LogP contribution in [0.15, 0.2) is 42.5 Å². The third-order valence-corrected chi connectivity index (χ3v) is 7.99. The quantitative estimate of drug-likeness (QED) is 0.546. The van der Waals surface area contributed by atoms with Gasteiger partial charge in [0.25, 0.3) is 0 Å². The van der Waals surface area contributed by atoms with Gasteiger partial charge in [-0.3, -0.25) is 4.90 Å². The lowest BCUT2D eigenvalue weighted by atomic mass is 10.1. The predicted molar refractivity (Wildman–Crippen MR) is 140 cm³/mol. The van der Waals surface area contributed by atoms with E-state index in [1.165, 1.54) is 29.0 Å². The van der Waals surface area contributed by atoms with Crippen molar-refractivity contribution in [3.8, 4) is 5.75 Å². The van der Waals surface area contributed by atoms with E-state index in [9.17, 15) is 22.4 Å². The second-order valence-electron chi connectivity index (χ2n) is 8.87. The summed E-state index contributed by atoms with van der Waals surface area (Å²) in [5.74, 6) is -0.860. The summed E-state index contributed by atoms with van der Waals surface area (Å²) in [6.45, 7) is 1.83. The van der Waals surface area contributed by atoms with Crippen LogP contribution in [0, 0.1) is 5.82 Å². The Morgan fingerprint density at radius 2 is 1.73 bits per heavy atom. The SMILES string of the molecule is COC(=O)c1ccc(CN(C(=O)N2CCS(=O)(=O)CC2)c2ccc(OC3CCNCC3)cc2)c(F)c1.Cl. The number of piperidine rings is 1. The van der Waals surface area contributed by atoms with E-state index in [2.05, 4.69) is 10.1 Å². The molecule has 1 N–H and O–H groups in total. The Labute approximate surface area is 222 Å². The molecule has 4 rings (SSSR count). The first-order valence-corrected chi connectivity index (χ1v) is 13.7. The maximum absolute atomic E-state index is 14.9. The van der Waals surface area contributed by atoms with Crippen molar-refractivity contribution >= 4 is 39.9 Å². The Morgan fingerprint density at radius 1 is 1.08 bits per heavy atom. The van der Waals surface area contributed by atoms with Gasteiger partial charge in [-0.25, -0.2) is 22.4 Å². The molecule has 0 unspecified atom stereocenters. The van der Waals surface area contributed by atoms with Crippen molar-refractivity contribution in [3.05, 3.63) is 59.4 Å². The number of nitrogens with zero attached hydrogens (tertiary/aromatic N) is 2. The molecule has 2 saturated heterocycles. The number of halogens is 2. The van der Waals surface area contributed by atoms with E-state index in [0.717, 1.165) is 32.0 Å². The van der Waals surface area contributed by atoms with E-state index in [4.69, 9.17) is 4.74 Å². The lowest BCUT2D eigenvalue weighted by molar-refractivity contribution is 0.0600. The van der Waals surface area contributed by atoms with E-state index in [1.807, 2.05) is 0 Å². The zero-order chi connectivity index (χ0) is 25.7. The number of ether oxygens (including phenoxy) is 2. The molecular formula is C25H31ClFN3O6S. The number of amides is 2. The number of hydrogen-bond acceptors (Lipinski definition) is 7. The average molecular weight is 556 g/mol. The minimum absolute atomic E-state index is 0. The summed E-state index contributed by atoms with van der Waals surface area (Å²) in [5, 5.41) is 3.29.